The van der Waals surface area contributed by atoms with E-state index in [-0.39, 0.29) is 16.9 Å². The predicted octanol–water partition coefficient (Wildman–Crippen LogP) is 4.37. The lowest BCUT2D eigenvalue weighted by molar-refractivity contribution is -0.141. The van der Waals surface area contributed by atoms with Gasteiger partial charge in [0.1, 0.15) is 5.75 Å². The van der Waals surface area contributed by atoms with Gasteiger partial charge < -0.3 is 5.11 Å². The average Bonchev–Trinajstić information content (AvgIpc) is 2.78. The number of hydrogen-bond donors (Lipinski definition) is 1. The van der Waals surface area contributed by atoms with Crippen LogP contribution in [0.15, 0.2) is 22.8 Å². The Hall–Kier alpha value is -1.50. The number of aromatic hydroxyl groups is 1. The van der Waals surface area contributed by atoms with E-state index in [0.29, 0.717) is 16.6 Å². The molecule has 20 heavy (non-hydrogen) atoms. The van der Waals surface area contributed by atoms with Crippen LogP contribution >= 0.6 is 15.9 Å². The summed E-state index contributed by atoms with van der Waals surface area (Å²) >= 11 is 3.19. The molecule has 0 aliphatic rings. The zero-order valence-electron chi connectivity index (χ0n) is 10.8. The first-order valence-corrected chi connectivity index (χ1v) is 6.68. The average molecular weight is 349 g/mol. The van der Waals surface area contributed by atoms with Crippen LogP contribution < -0.4 is 0 Å². The molecule has 0 amide bonds. The van der Waals surface area contributed by atoms with Crippen LogP contribution in [0.2, 0.25) is 0 Å². The minimum atomic E-state index is -4.58. The zero-order chi connectivity index (χ0) is 15.1. The Morgan fingerprint density at radius 2 is 2.00 bits per heavy atom. The molecule has 0 atom stereocenters. The van der Waals surface area contributed by atoms with Gasteiger partial charge in [-0.2, -0.15) is 18.3 Å². The highest BCUT2D eigenvalue weighted by atomic mass is 79.9. The predicted molar refractivity (Wildman–Crippen MR) is 72.4 cm³/mol. The third kappa shape index (κ3) is 2.54. The van der Waals surface area contributed by atoms with Crippen LogP contribution in [0.1, 0.15) is 18.2 Å². The van der Waals surface area contributed by atoms with Crippen LogP contribution in [0.4, 0.5) is 13.2 Å². The molecule has 7 heteroatoms. The Balaban J connectivity index is 2.76. The quantitative estimate of drug-likeness (QED) is 0.875. The van der Waals surface area contributed by atoms with E-state index in [9.17, 15) is 18.3 Å². The highest BCUT2D eigenvalue weighted by Gasteiger charge is 2.38. The molecule has 0 aliphatic heterocycles. The van der Waals surface area contributed by atoms with Crippen molar-refractivity contribution < 1.29 is 18.3 Å². The third-order valence-corrected chi connectivity index (χ3v) is 3.61. The number of rotatable bonds is 2. The molecule has 0 saturated heterocycles. The standard InChI is InChI=1S/C13H12BrF3N2O/c1-3-19-6-8(12(18-19)13(15,16)17)10-9(14)5-4-7(2)11(10)20/h4-6,20H,3H2,1-2H3. The summed E-state index contributed by atoms with van der Waals surface area (Å²) in [6.07, 6.45) is -3.28. The molecule has 1 heterocycles. The van der Waals surface area contributed by atoms with Crippen molar-refractivity contribution in [3.05, 3.63) is 34.1 Å². The highest BCUT2D eigenvalue weighted by molar-refractivity contribution is 9.10. The van der Waals surface area contributed by atoms with Gasteiger partial charge in [-0.1, -0.05) is 22.0 Å². The second-order valence-electron chi connectivity index (χ2n) is 4.33. The van der Waals surface area contributed by atoms with Crippen molar-refractivity contribution in [1.29, 1.82) is 0 Å². The van der Waals surface area contributed by atoms with Crippen molar-refractivity contribution in [3.8, 4) is 16.9 Å². The van der Waals surface area contributed by atoms with Crippen LogP contribution in [0, 0.1) is 6.92 Å². The molecular formula is C13H12BrF3N2O. The van der Waals surface area contributed by atoms with E-state index in [1.807, 2.05) is 0 Å². The number of phenolic OH excluding ortho intramolecular Hbond substituents is 1. The molecule has 2 aromatic rings. The van der Waals surface area contributed by atoms with E-state index in [2.05, 4.69) is 21.0 Å². The molecule has 108 valence electrons. The Bertz CT molecular complexity index is 650. The van der Waals surface area contributed by atoms with Gasteiger partial charge in [0.05, 0.1) is 0 Å². The molecule has 0 bridgehead atoms. The van der Waals surface area contributed by atoms with Gasteiger partial charge in [-0.25, -0.2) is 0 Å². The molecule has 0 saturated carbocycles. The van der Waals surface area contributed by atoms with Crippen molar-refractivity contribution in [3.63, 3.8) is 0 Å². The summed E-state index contributed by atoms with van der Waals surface area (Å²) in [5.74, 6) is -0.180. The molecule has 1 aromatic carbocycles. The fourth-order valence-corrected chi connectivity index (χ4v) is 2.44. The molecule has 0 fully saturated rings. The second-order valence-corrected chi connectivity index (χ2v) is 5.19. The molecule has 3 nitrogen and oxygen atoms in total. The van der Waals surface area contributed by atoms with Gasteiger partial charge in [0, 0.05) is 28.3 Å². The summed E-state index contributed by atoms with van der Waals surface area (Å²) in [5, 5.41) is 13.6. The Morgan fingerprint density at radius 1 is 1.35 bits per heavy atom. The van der Waals surface area contributed by atoms with Gasteiger partial charge in [0.15, 0.2) is 5.69 Å². The van der Waals surface area contributed by atoms with Crippen LogP contribution in [0.5, 0.6) is 5.75 Å². The topological polar surface area (TPSA) is 38.0 Å². The van der Waals surface area contributed by atoms with Gasteiger partial charge in [0.2, 0.25) is 0 Å². The van der Waals surface area contributed by atoms with E-state index in [1.54, 1.807) is 26.0 Å². The Labute approximate surface area is 122 Å². The molecule has 0 aliphatic carbocycles. The minimum Gasteiger partial charge on any atom is -0.507 e. The summed E-state index contributed by atoms with van der Waals surface area (Å²) in [6.45, 7) is 3.64. The molecular weight excluding hydrogens is 337 g/mol. The van der Waals surface area contributed by atoms with E-state index in [1.165, 1.54) is 10.9 Å². The van der Waals surface area contributed by atoms with Crippen LogP contribution in [0.3, 0.4) is 0 Å². The third-order valence-electron chi connectivity index (χ3n) is 2.95. The SMILES string of the molecule is CCn1cc(-c2c(Br)ccc(C)c2O)c(C(F)(F)F)n1. The first-order valence-electron chi connectivity index (χ1n) is 5.88. The Morgan fingerprint density at radius 3 is 2.55 bits per heavy atom. The highest BCUT2D eigenvalue weighted by Crippen LogP contribution is 2.43. The van der Waals surface area contributed by atoms with Gasteiger partial charge >= 0.3 is 6.18 Å². The van der Waals surface area contributed by atoms with Crippen molar-refractivity contribution in [2.24, 2.45) is 0 Å². The van der Waals surface area contributed by atoms with Crippen LogP contribution in [-0.4, -0.2) is 14.9 Å². The smallest absolute Gasteiger partial charge is 0.435 e. The molecule has 0 spiro atoms. The fourth-order valence-electron chi connectivity index (χ4n) is 1.90. The molecule has 1 N–H and O–H groups in total. The van der Waals surface area contributed by atoms with Gasteiger partial charge in [0.25, 0.3) is 0 Å². The second kappa shape index (κ2) is 5.12. The number of alkyl halides is 3. The zero-order valence-corrected chi connectivity index (χ0v) is 12.4. The van der Waals surface area contributed by atoms with E-state index in [4.69, 9.17) is 0 Å². The lowest BCUT2D eigenvalue weighted by Crippen LogP contribution is -2.09. The van der Waals surface area contributed by atoms with Gasteiger partial charge in [-0.15, -0.1) is 0 Å². The normalized spacial score (nSPS) is 11.9. The maximum absolute atomic E-state index is 13.1. The number of halogens is 4. The fraction of sp³-hybridized carbons (Fsp3) is 0.308. The van der Waals surface area contributed by atoms with Gasteiger partial charge in [-0.05, 0) is 25.5 Å². The maximum atomic E-state index is 13.1. The van der Waals surface area contributed by atoms with E-state index >= 15 is 0 Å². The number of aromatic nitrogens is 2. The molecule has 0 radical (unpaired) electrons. The first kappa shape index (κ1) is 14.9. The minimum absolute atomic E-state index is 0.108. The maximum Gasteiger partial charge on any atom is 0.435 e. The number of phenols is 1. The largest absolute Gasteiger partial charge is 0.507 e. The molecule has 1 aromatic heterocycles. The summed E-state index contributed by atoms with van der Waals surface area (Å²) in [7, 11) is 0. The van der Waals surface area contributed by atoms with Crippen molar-refractivity contribution >= 4 is 15.9 Å². The summed E-state index contributed by atoms with van der Waals surface area (Å²) in [4.78, 5) is 0. The number of aryl methyl sites for hydroxylation is 2. The lowest BCUT2D eigenvalue weighted by atomic mass is 10.0. The number of nitrogens with zero attached hydrogens (tertiary/aromatic N) is 2. The van der Waals surface area contributed by atoms with Gasteiger partial charge in [-0.3, -0.25) is 4.68 Å². The lowest BCUT2D eigenvalue weighted by Gasteiger charge is -2.11. The number of hydrogen-bond acceptors (Lipinski definition) is 2. The van der Waals surface area contributed by atoms with Crippen molar-refractivity contribution in [2.45, 2.75) is 26.6 Å². The molecule has 2 rings (SSSR count). The number of benzene rings is 1. The van der Waals surface area contributed by atoms with E-state index < -0.39 is 11.9 Å². The summed E-state index contributed by atoms with van der Waals surface area (Å²) in [6, 6.07) is 3.23. The Kier molecular flexibility index (Phi) is 3.82. The summed E-state index contributed by atoms with van der Waals surface area (Å²) in [5.41, 5.74) is -0.522. The van der Waals surface area contributed by atoms with Crippen molar-refractivity contribution in [1.82, 2.24) is 9.78 Å². The summed E-state index contributed by atoms with van der Waals surface area (Å²) < 4.78 is 40.8. The van der Waals surface area contributed by atoms with E-state index in [0.717, 1.165) is 0 Å². The van der Waals surface area contributed by atoms with Crippen LogP contribution in [-0.2, 0) is 12.7 Å². The van der Waals surface area contributed by atoms with Crippen molar-refractivity contribution in [2.75, 3.05) is 0 Å². The molecule has 0 unspecified atom stereocenters. The van der Waals surface area contributed by atoms with Crippen LogP contribution in [0.25, 0.3) is 11.1 Å². The first-order chi connectivity index (χ1) is 9.25. The monoisotopic (exact) mass is 348 g/mol.